The molecular weight excluding hydrogens is 418 g/mol. The molecule has 156 valence electrons. The van der Waals surface area contributed by atoms with Gasteiger partial charge in [0.15, 0.2) is 0 Å². The van der Waals surface area contributed by atoms with Crippen molar-refractivity contribution in [3.8, 4) is 0 Å². The van der Waals surface area contributed by atoms with Gasteiger partial charge in [-0.05, 0) is 11.6 Å². The number of ether oxygens (including phenoxy) is 1. The summed E-state index contributed by atoms with van der Waals surface area (Å²) in [5.74, 6) is -5.08. The second-order valence-corrected chi connectivity index (χ2v) is 7.31. The van der Waals surface area contributed by atoms with Gasteiger partial charge in [-0.3, -0.25) is 4.55 Å². The zero-order chi connectivity index (χ0) is 22.1. The number of hydrogen-bond donors (Lipinski definition) is 2. The van der Waals surface area contributed by atoms with Crippen LogP contribution in [0, 0.1) is 0 Å². The molecule has 3 N–H and O–H groups in total. The van der Waals surface area contributed by atoms with Crippen LogP contribution in [0.1, 0.15) is 21.5 Å². The van der Waals surface area contributed by atoms with Crippen molar-refractivity contribution >= 4 is 37.5 Å². The van der Waals surface area contributed by atoms with E-state index in [0.29, 0.717) is 5.56 Å². The van der Waals surface area contributed by atoms with E-state index in [1.165, 1.54) is 6.07 Å². The molecule has 0 aliphatic carbocycles. The highest BCUT2D eigenvalue weighted by Crippen LogP contribution is 2.47. The van der Waals surface area contributed by atoms with Gasteiger partial charge in [0.25, 0.3) is 10.1 Å². The molecule has 0 amide bonds. The summed E-state index contributed by atoms with van der Waals surface area (Å²) < 4.78 is 114. The molecule has 0 heterocycles. The highest BCUT2D eigenvalue weighted by Gasteiger charge is 2.76. The predicted molar refractivity (Wildman–Crippen MR) is 92.0 cm³/mol. The molecule has 28 heavy (non-hydrogen) atoms. The summed E-state index contributed by atoms with van der Waals surface area (Å²) in [4.78, 5) is 12.2. The molecule has 0 aliphatic heterocycles. The molecule has 0 saturated heterocycles. The van der Waals surface area contributed by atoms with Crippen LogP contribution in [0.15, 0.2) is 12.1 Å². The van der Waals surface area contributed by atoms with Crippen molar-refractivity contribution in [2.24, 2.45) is 0 Å². The Morgan fingerprint density at radius 1 is 1.07 bits per heavy atom. The number of hydrogen-bond acceptors (Lipinski definition) is 5. The molecule has 1 rings (SSSR count). The minimum Gasteiger partial charge on any atom is -0.435 e. The fourth-order valence-corrected chi connectivity index (χ4v) is 3.28. The van der Waals surface area contributed by atoms with Crippen LogP contribution in [0.3, 0.4) is 0 Å². The predicted octanol–water partition coefficient (Wildman–Crippen LogP) is 0.443. The molecule has 1 aromatic rings. The third-order valence-corrected chi connectivity index (χ3v) is 4.67. The topological polar surface area (TPSA) is 107 Å². The van der Waals surface area contributed by atoms with Gasteiger partial charge in [0.05, 0.1) is 5.56 Å². The third kappa shape index (κ3) is 4.93. The van der Waals surface area contributed by atoms with E-state index in [2.05, 4.69) is 4.74 Å². The lowest BCUT2D eigenvalue weighted by atomic mass is 9.88. The number of halogens is 6. The maximum Gasteiger partial charge on any atom is 0.438 e. The Morgan fingerprint density at radius 2 is 1.57 bits per heavy atom. The first kappa shape index (κ1) is 24.1. The number of carbonyl (C=O) groups is 1. The van der Waals surface area contributed by atoms with E-state index in [9.17, 15) is 39.6 Å². The van der Waals surface area contributed by atoms with E-state index in [0.717, 1.165) is 6.07 Å². The summed E-state index contributed by atoms with van der Waals surface area (Å²) in [5, 5.41) is 0. The van der Waals surface area contributed by atoms with Gasteiger partial charge >= 0.3 is 23.9 Å². The molecule has 0 aliphatic rings. The van der Waals surface area contributed by atoms with Crippen molar-refractivity contribution < 1.29 is 48.8 Å². The zero-order valence-electron chi connectivity index (χ0n) is 14.6. The van der Waals surface area contributed by atoms with Gasteiger partial charge in [-0.2, -0.15) is 34.8 Å². The van der Waals surface area contributed by atoms with Crippen molar-refractivity contribution in [2.45, 2.75) is 30.6 Å². The summed E-state index contributed by atoms with van der Waals surface area (Å²) in [5.41, 5.74) is -0.327. The number of esters is 1. The fourth-order valence-electron chi connectivity index (χ4n) is 2.38. The first-order valence-electron chi connectivity index (χ1n) is 7.72. The Labute approximate surface area is 158 Å². The molecule has 0 saturated carbocycles. The lowest BCUT2D eigenvalue weighted by Crippen LogP contribution is -2.63. The van der Waals surface area contributed by atoms with Gasteiger partial charge in [0, 0.05) is 5.69 Å². The molecule has 0 fully saturated rings. The van der Waals surface area contributed by atoms with Gasteiger partial charge < -0.3 is 10.5 Å². The number of benzene rings is 1. The van der Waals surface area contributed by atoms with Gasteiger partial charge in [0.1, 0.15) is 21.4 Å². The van der Waals surface area contributed by atoms with Crippen LogP contribution in [0.25, 0.3) is 0 Å². The van der Waals surface area contributed by atoms with E-state index in [4.69, 9.17) is 10.3 Å². The number of rotatable bonds is 6. The average molecular weight is 433 g/mol. The average Bonchev–Trinajstić information content (AvgIpc) is 2.50. The minimum atomic E-state index is -6.40. The largest absolute Gasteiger partial charge is 0.438 e. The highest BCUT2D eigenvalue weighted by atomic mass is 32.2. The molecule has 0 aromatic heterocycles. The molecular formula is C13H15B2F6NO5S. The van der Waals surface area contributed by atoms with Crippen molar-refractivity contribution in [1.29, 1.82) is 0 Å². The molecule has 0 radical (unpaired) electrons. The standard InChI is InChI=1S/C13H15B2F6NO5S/c14-3-6-1-7(4-15)9(22)8(2-6)10(23)27-11(12(16,17)18,13(19,20)21)5-28(24,25)26/h1-2H,3-5,14-15,22H2,(H,24,25,26). The van der Waals surface area contributed by atoms with Gasteiger partial charge in [0.2, 0.25) is 0 Å². The third-order valence-electron chi connectivity index (χ3n) is 3.90. The van der Waals surface area contributed by atoms with E-state index in [1.54, 1.807) is 15.7 Å². The molecule has 0 atom stereocenters. The molecule has 6 nitrogen and oxygen atoms in total. The highest BCUT2D eigenvalue weighted by molar-refractivity contribution is 7.85. The van der Waals surface area contributed by atoms with E-state index < -0.39 is 51.0 Å². The van der Waals surface area contributed by atoms with Crippen LogP contribution in [0.5, 0.6) is 0 Å². The lowest BCUT2D eigenvalue weighted by Gasteiger charge is -2.35. The summed E-state index contributed by atoms with van der Waals surface area (Å²) in [6.45, 7) is 0. The van der Waals surface area contributed by atoms with Crippen molar-refractivity contribution in [2.75, 3.05) is 11.5 Å². The van der Waals surface area contributed by atoms with Gasteiger partial charge in [-0.1, -0.05) is 24.3 Å². The first-order valence-corrected chi connectivity index (χ1v) is 9.33. The maximum atomic E-state index is 13.3. The number of carbonyl (C=O) groups excluding carboxylic acids is 1. The molecule has 0 bridgehead atoms. The van der Waals surface area contributed by atoms with E-state index in [-0.39, 0.29) is 18.2 Å². The molecule has 0 spiro atoms. The Morgan fingerprint density at radius 3 is 1.93 bits per heavy atom. The summed E-state index contributed by atoms with van der Waals surface area (Å²) in [6.07, 6.45) is -12.3. The van der Waals surface area contributed by atoms with Gasteiger partial charge in [-0.15, -0.1) is 0 Å². The Balaban J connectivity index is 3.63. The lowest BCUT2D eigenvalue weighted by molar-refractivity contribution is -0.356. The number of nitrogens with two attached hydrogens (primary N) is 1. The van der Waals surface area contributed by atoms with Crippen LogP contribution in [-0.2, 0) is 27.5 Å². The Bertz CT molecular complexity index is 842. The van der Waals surface area contributed by atoms with Crippen molar-refractivity contribution in [3.05, 3.63) is 28.8 Å². The number of nitrogen functional groups attached to an aromatic ring is 1. The van der Waals surface area contributed by atoms with Crippen LogP contribution in [-0.4, -0.2) is 58.3 Å². The number of alkyl halides is 6. The molecule has 0 unspecified atom stereocenters. The SMILES string of the molecule is BCc1cc(CB)c(N)c(C(=O)OC(CS(=O)(=O)O)(C(F)(F)F)C(F)(F)F)c1. The first-order chi connectivity index (χ1) is 12.5. The maximum absolute atomic E-state index is 13.3. The van der Waals surface area contributed by atoms with Crippen LogP contribution < -0.4 is 5.73 Å². The molecule has 1 aromatic carbocycles. The Kier molecular flexibility index (Phi) is 6.77. The summed E-state index contributed by atoms with van der Waals surface area (Å²) in [7, 11) is -2.65. The van der Waals surface area contributed by atoms with Crippen LogP contribution in [0.2, 0.25) is 0 Å². The van der Waals surface area contributed by atoms with Gasteiger partial charge in [-0.25, -0.2) is 4.79 Å². The van der Waals surface area contributed by atoms with Crippen LogP contribution >= 0.6 is 0 Å². The summed E-state index contributed by atoms with van der Waals surface area (Å²) >= 11 is 0. The minimum absolute atomic E-state index is 0.217. The van der Waals surface area contributed by atoms with E-state index >= 15 is 0 Å². The van der Waals surface area contributed by atoms with Crippen molar-refractivity contribution in [1.82, 2.24) is 0 Å². The second-order valence-electron chi connectivity index (χ2n) is 5.86. The van der Waals surface area contributed by atoms with E-state index in [1.807, 2.05) is 0 Å². The van der Waals surface area contributed by atoms with Crippen LogP contribution in [0.4, 0.5) is 32.0 Å². The second kappa shape index (κ2) is 7.85. The smallest absolute Gasteiger partial charge is 0.435 e. The zero-order valence-corrected chi connectivity index (χ0v) is 15.4. The Hall–Kier alpha value is -1.89. The summed E-state index contributed by atoms with van der Waals surface area (Å²) in [6, 6.07) is 2.48. The quantitative estimate of drug-likeness (QED) is 0.222. The fraction of sp³-hybridized carbons (Fsp3) is 0.462. The number of anilines is 1. The molecule has 15 heteroatoms. The van der Waals surface area contributed by atoms with Crippen molar-refractivity contribution in [3.63, 3.8) is 0 Å². The normalized spacial score (nSPS) is 13.4. The monoisotopic (exact) mass is 433 g/mol.